The minimum atomic E-state index is 0.682. The van der Waals surface area contributed by atoms with E-state index < -0.39 is 0 Å². The van der Waals surface area contributed by atoms with Crippen LogP contribution in [0.4, 0.5) is 5.82 Å². The van der Waals surface area contributed by atoms with Gasteiger partial charge in [0.15, 0.2) is 5.82 Å². The highest BCUT2D eigenvalue weighted by atomic mass is 35.5. The summed E-state index contributed by atoms with van der Waals surface area (Å²) in [6, 6.07) is 16.3. The molecular weight excluding hydrogens is 360 g/mol. The molecule has 5 rings (SSSR count). The summed E-state index contributed by atoms with van der Waals surface area (Å²) < 4.78 is 1.97. The molecule has 0 spiro atoms. The number of piperazine rings is 1. The van der Waals surface area contributed by atoms with Gasteiger partial charge < -0.3 is 4.90 Å². The van der Waals surface area contributed by atoms with E-state index in [9.17, 15) is 0 Å². The van der Waals surface area contributed by atoms with Crippen molar-refractivity contribution < 1.29 is 0 Å². The minimum Gasteiger partial charge on any atom is -0.351 e. The second-order valence-corrected chi connectivity index (χ2v) is 7.28. The van der Waals surface area contributed by atoms with E-state index in [1.807, 2.05) is 22.6 Å². The second kappa shape index (κ2) is 6.79. The molecule has 0 aliphatic carbocycles. The molecule has 0 unspecified atom stereocenters. The predicted molar refractivity (Wildman–Crippen MR) is 107 cm³/mol. The van der Waals surface area contributed by atoms with Crippen LogP contribution in [0.2, 0.25) is 5.02 Å². The van der Waals surface area contributed by atoms with Gasteiger partial charge in [0, 0.05) is 37.7 Å². The third kappa shape index (κ3) is 3.11. The van der Waals surface area contributed by atoms with Crippen LogP contribution in [0.5, 0.6) is 0 Å². The highest BCUT2D eigenvalue weighted by molar-refractivity contribution is 6.31. The molecule has 6 nitrogen and oxygen atoms in total. The average Bonchev–Trinajstić information content (AvgIpc) is 3.19. The summed E-state index contributed by atoms with van der Waals surface area (Å²) >= 11 is 6.16. The van der Waals surface area contributed by atoms with E-state index in [4.69, 9.17) is 16.6 Å². The number of aromatic nitrogens is 4. The fourth-order valence-corrected chi connectivity index (χ4v) is 3.85. The standard InChI is InChI=1S/C20H19ClN6/c21-16-6-7-17-18(12-16)27-14-22-24-20(27)19(23-17)26-10-8-25(9-11-26)13-15-4-2-1-3-5-15/h1-7,12,14H,8-11,13H2. The molecule has 4 aromatic rings. The second-order valence-electron chi connectivity index (χ2n) is 6.84. The first-order valence-electron chi connectivity index (χ1n) is 9.08. The Hall–Kier alpha value is -2.70. The van der Waals surface area contributed by atoms with E-state index >= 15 is 0 Å². The van der Waals surface area contributed by atoms with Crippen molar-refractivity contribution in [3.8, 4) is 0 Å². The van der Waals surface area contributed by atoms with Crippen LogP contribution in [0.1, 0.15) is 5.56 Å². The fourth-order valence-electron chi connectivity index (χ4n) is 3.68. The number of nitrogens with zero attached hydrogens (tertiary/aromatic N) is 6. The van der Waals surface area contributed by atoms with Gasteiger partial charge in [-0.15, -0.1) is 10.2 Å². The maximum absolute atomic E-state index is 6.16. The van der Waals surface area contributed by atoms with Crippen molar-refractivity contribution in [3.63, 3.8) is 0 Å². The summed E-state index contributed by atoms with van der Waals surface area (Å²) in [5.74, 6) is 0.890. The lowest BCUT2D eigenvalue weighted by Crippen LogP contribution is -2.46. The molecule has 0 N–H and O–H groups in total. The topological polar surface area (TPSA) is 49.6 Å². The molecule has 0 saturated carbocycles. The Morgan fingerprint density at radius 3 is 2.59 bits per heavy atom. The Balaban J connectivity index is 1.41. The van der Waals surface area contributed by atoms with Gasteiger partial charge in [-0.3, -0.25) is 9.30 Å². The van der Waals surface area contributed by atoms with Crippen LogP contribution in [0.25, 0.3) is 16.7 Å². The number of fused-ring (bicyclic) bond motifs is 3. The third-order valence-corrected chi connectivity index (χ3v) is 5.33. The van der Waals surface area contributed by atoms with Gasteiger partial charge in [0.1, 0.15) is 6.33 Å². The zero-order chi connectivity index (χ0) is 18.2. The normalized spacial score (nSPS) is 15.7. The monoisotopic (exact) mass is 378 g/mol. The molecular formula is C20H19ClN6. The molecule has 1 fully saturated rings. The van der Waals surface area contributed by atoms with Crippen molar-refractivity contribution in [2.75, 3.05) is 31.1 Å². The van der Waals surface area contributed by atoms with Crippen molar-refractivity contribution in [2.45, 2.75) is 6.54 Å². The lowest BCUT2D eigenvalue weighted by molar-refractivity contribution is 0.249. The number of hydrogen-bond acceptors (Lipinski definition) is 5. The van der Waals surface area contributed by atoms with Crippen molar-refractivity contribution in [1.82, 2.24) is 24.5 Å². The summed E-state index contributed by atoms with van der Waals surface area (Å²) in [5, 5.41) is 9.09. The highest BCUT2D eigenvalue weighted by Crippen LogP contribution is 2.26. The Morgan fingerprint density at radius 2 is 1.78 bits per heavy atom. The molecule has 1 aliphatic heterocycles. The van der Waals surface area contributed by atoms with E-state index in [2.05, 4.69) is 50.3 Å². The van der Waals surface area contributed by atoms with Crippen LogP contribution in [-0.4, -0.2) is 50.7 Å². The molecule has 1 aliphatic rings. The maximum Gasteiger partial charge on any atom is 0.204 e. The summed E-state index contributed by atoms with van der Waals surface area (Å²) in [6.07, 6.45) is 1.73. The van der Waals surface area contributed by atoms with Gasteiger partial charge in [-0.2, -0.15) is 0 Å². The van der Waals surface area contributed by atoms with Gasteiger partial charge in [0.05, 0.1) is 11.0 Å². The lowest BCUT2D eigenvalue weighted by Gasteiger charge is -2.35. The van der Waals surface area contributed by atoms with Gasteiger partial charge in [0.2, 0.25) is 5.65 Å². The molecule has 2 aromatic carbocycles. The number of rotatable bonds is 3. The number of benzene rings is 2. The Kier molecular flexibility index (Phi) is 4.14. The molecule has 7 heteroatoms. The van der Waals surface area contributed by atoms with Gasteiger partial charge in [-0.1, -0.05) is 41.9 Å². The lowest BCUT2D eigenvalue weighted by atomic mass is 10.2. The molecule has 0 bridgehead atoms. The molecule has 1 saturated heterocycles. The predicted octanol–water partition coefficient (Wildman–Crippen LogP) is 3.25. The van der Waals surface area contributed by atoms with E-state index in [0.717, 1.165) is 55.2 Å². The molecule has 0 amide bonds. The Morgan fingerprint density at radius 1 is 0.963 bits per heavy atom. The van der Waals surface area contributed by atoms with Crippen LogP contribution in [-0.2, 0) is 6.54 Å². The first-order chi connectivity index (χ1) is 13.3. The first kappa shape index (κ1) is 16.5. The summed E-state index contributed by atoms with van der Waals surface area (Å²) in [5.41, 5.74) is 3.95. The quantitative estimate of drug-likeness (QED) is 0.547. The van der Waals surface area contributed by atoms with E-state index in [1.54, 1.807) is 6.33 Å². The number of hydrogen-bond donors (Lipinski definition) is 0. The zero-order valence-corrected chi connectivity index (χ0v) is 15.5. The van der Waals surface area contributed by atoms with Gasteiger partial charge in [0.25, 0.3) is 0 Å². The van der Waals surface area contributed by atoms with E-state index in [-0.39, 0.29) is 0 Å². The van der Waals surface area contributed by atoms with Crippen molar-refractivity contribution >= 4 is 34.1 Å². The SMILES string of the molecule is Clc1ccc2nc(N3CCN(Cc4ccccc4)CC3)c3nncn3c2c1. The van der Waals surface area contributed by atoms with Crippen LogP contribution in [0.3, 0.4) is 0 Å². The van der Waals surface area contributed by atoms with Gasteiger partial charge in [-0.05, 0) is 23.8 Å². The summed E-state index contributed by atoms with van der Waals surface area (Å²) in [7, 11) is 0. The summed E-state index contributed by atoms with van der Waals surface area (Å²) in [6.45, 7) is 4.81. The van der Waals surface area contributed by atoms with Crippen molar-refractivity contribution in [2.24, 2.45) is 0 Å². The molecule has 136 valence electrons. The van der Waals surface area contributed by atoms with Crippen molar-refractivity contribution in [1.29, 1.82) is 0 Å². The van der Waals surface area contributed by atoms with Crippen LogP contribution in [0, 0.1) is 0 Å². The van der Waals surface area contributed by atoms with Crippen LogP contribution in [0.15, 0.2) is 54.9 Å². The molecule has 0 radical (unpaired) electrons. The first-order valence-corrected chi connectivity index (χ1v) is 9.46. The molecule has 3 heterocycles. The zero-order valence-electron chi connectivity index (χ0n) is 14.8. The van der Waals surface area contributed by atoms with Gasteiger partial charge >= 0.3 is 0 Å². The maximum atomic E-state index is 6.16. The minimum absolute atomic E-state index is 0.682. The smallest absolute Gasteiger partial charge is 0.204 e. The molecule has 2 aromatic heterocycles. The van der Waals surface area contributed by atoms with Crippen molar-refractivity contribution in [3.05, 3.63) is 65.4 Å². The molecule has 0 atom stereocenters. The summed E-state index contributed by atoms with van der Waals surface area (Å²) in [4.78, 5) is 9.66. The van der Waals surface area contributed by atoms with Crippen LogP contribution >= 0.6 is 11.6 Å². The molecule has 27 heavy (non-hydrogen) atoms. The fraction of sp³-hybridized carbons (Fsp3) is 0.250. The van der Waals surface area contributed by atoms with Crippen LogP contribution < -0.4 is 4.90 Å². The van der Waals surface area contributed by atoms with E-state index in [0.29, 0.717) is 5.02 Å². The van der Waals surface area contributed by atoms with Gasteiger partial charge in [-0.25, -0.2) is 4.98 Å². The van der Waals surface area contributed by atoms with E-state index in [1.165, 1.54) is 5.56 Å². The Bertz CT molecular complexity index is 1090. The largest absolute Gasteiger partial charge is 0.351 e. The number of halogens is 1. The number of anilines is 1. The Labute approximate surface area is 162 Å². The third-order valence-electron chi connectivity index (χ3n) is 5.09. The average molecular weight is 379 g/mol. The highest BCUT2D eigenvalue weighted by Gasteiger charge is 2.22.